The Labute approximate surface area is 127 Å². The highest BCUT2D eigenvalue weighted by molar-refractivity contribution is 5.54. The normalized spacial score (nSPS) is 16.4. The van der Waals surface area contributed by atoms with E-state index in [1.807, 2.05) is 13.0 Å². The van der Waals surface area contributed by atoms with Crippen molar-refractivity contribution in [1.82, 2.24) is 5.32 Å². The number of hydrogen-bond acceptors (Lipinski definition) is 3. The maximum Gasteiger partial charge on any atom is 0.120 e. The molecule has 112 valence electrons. The molecule has 1 N–H and O–H groups in total. The lowest BCUT2D eigenvalue weighted by atomic mass is 10.1. The zero-order chi connectivity index (χ0) is 14.7. The first-order valence-electron chi connectivity index (χ1n) is 7.86. The second-order valence-electron chi connectivity index (χ2n) is 5.87. The molecule has 1 saturated heterocycles. The van der Waals surface area contributed by atoms with Gasteiger partial charge in [-0.1, -0.05) is 18.2 Å². The average Bonchev–Trinajstić information content (AvgIpc) is 3.16. The first-order chi connectivity index (χ1) is 10.2. The van der Waals surface area contributed by atoms with Crippen molar-refractivity contribution in [1.29, 1.82) is 0 Å². The van der Waals surface area contributed by atoms with Gasteiger partial charge in [0.25, 0.3) is 0 Å². The van der Waals surface area contributed by atoms with Crippen LogP contribution >= 0.6 is 0 Å². The molecule has 1 aromatic heterocycles. The second kappa shape index (κ2) is 6.35. The molecule has 1 aromatic carbocycles. The zero-order valence-corrected chi connectivity index (χ0v) is 12.9. The molecule has 0 radical (unpaired) electrons. The monoisotopic (exact) mass is 284 g/mol. The summed E-state index contributed by atoms with van der Waals surface area (Å²) < 4.78 is 5.69. The summed E-state index contributed by atoms with van der Waals surface area (Å²) in [5, 5.41) is 3.57. The third-order valence-corrected chi connectivity index (χ3v) is 4.22. The fourth-order valence-electron chi connectivity index (χ4n) is 2.98. The molecule has 2 heterocycles. The van der Waals surface area contributed by atoms with Crippen molar-refractivity contribution in [3.05, 3.63) is 53.5 Å². The molecule has 1 fully saturated rings. The Hall–Kier alpha value is -1.74. The third kappa shape index (κ3) is 3.30. The van der Waals surface area contributed by atoms with Crippen LogP contribution in [0.2, 0.25) is 0 Å². The lowest BCUT2D eigenvalue weighted by Gasteiger charge is -2.22. The Morgan fingerprint density at radius 3 is 2.62 bits per heavy atom. The van der Waals surface area contributed by atoms with Crippen LogP contribution in [0.3, 0.4) is 0 Å². The van der Waals surface area contributed by atoms with E-state index >= 15 is 0 Å². The van der Waals surface area contributed by atoms with Gasteiger partial charge in [-0.25, -0.2) is 0 Å². The second-order valence-corrected chi connectivity index (χ2v) is 5.87. The van der Waals surface area contributed by atoms with E-state index in [1.54, 1.807) is 0 Å². The van der Waals surface area contributed by atoms with Crippen molar-refractivity contribution in [2.24, 2.45) is 0 Å². The summed E-state index contributed by atoms with van der Waals surface area (Å²) in [6.07, 6.45) is 2.62. The van der Waals surface area contributed by atoms with Gasteiger partial charge < -0.3 is 14.6 Å². The standard InChI is InChI=1S/C18H24N2O/c1-14-9-10-18(21-14)15(2)19-13-16-7-3-4-8-17(16)20-11-5-6-12-20/h3-4,7-10,15,19H,5-6,11-13H2,1-2H3. The molecule has 1 aliphatic rings. The summed E-state index contributed by atoms with van der Waals surface area (Å²) in [5.41, 5.74) is 2.75. The fourth-order valence-corrected chi connectivity index (χ4v) is 2.98. The minimum Gasteiger partial charge on any atom is -0.465 e. The van der Waals surface area contributed by atoms with Gasteiger partial charge in [0.1, 0.15) is 11.5 Å². The van der Waals surface area contributed by atoms with Crippen LogP contribution in [0.15, 0.2) is 40.8 Å². The highest BCUT2D eigenvalue weighted by atomic mass is 16.3. The Kier molecular flexibility index (Phi) is 4.30. The lowest BCUT2D eigenvalue weighted by Crippen LogP contribution is -2.23. The van der Waals surface area contributed by atoms with Crippen LogP contribution in [0, 0.1) is 6.92 Å². The number of rotatable bonds is 5. The lowest BCUT2D eigenvalue weighted by molar-refractivity contribution is 0.416. The quantitative estimate of drug-likeness (QED) is 0.898. The molecule has 3 heteroatoms. The molecule has 0 bridgehead atoms. The molecule has 1 atom stereocenters. The molecular formula is C18H24N2O. The molecule has 21 heavy (non-hydrogen) atoms. The topological polar surface area (TPSA) is 28.4 Å². The van der Waals surface area contributed by atoms with Crippen molar-refractivity contribution in [3.63, 3.8) is 0 Å². The third-order valence-electron chi connectivity index (χ3n) is 4.22. The number of anilines is 1. The summed E-state index contributed by atoms with van der Waals surface area (Å²) in [6, 6.07) is 13.0. The molecule has 3 nitrogen and oxygen atoms in total. The molecule has 0 amide bonds. The predicted molar refractivity (Wildman–Crippen MR) is 86.6 cm³/mol. The summed E-state index contributed by atoms with van der Waals surface area (Å²) >= 11 is 0. The molecule has 1 aliphatic heterocycles. The van der Waals surface area contributed by atoms with Crippen LogP contribution in [-0.4, -0.2) is 13.1 Å². The van der Waals surface area contributed by atoms with Crippen molar-refractivity contribution < 1.29 is 4.42 Å². The van der Waals surface area contributed by atoms with Crippen LogP contribution in [0.4, 0.5) is 5.69 Å². The highest BCUT2D eigenvalue weighted by Crippen LogP contribution is 2.25. The van der Waals surface area contributed by atoms with Crippen molar-refractivity contribution in [2.75, 3.05) is 18.0 Å². The number of furan rings is 1. The van der Waals surface area contributed by atoms with Gasteiger partial charge in [-0.2, -0.15) is 0 Å². The zero-order valence-electron chi connectivity index (χ0n) is 12.9. The molecule has 0 spiro atoms. The van der Waals surface area contributed by atoms with Gasteiger partial charge in [0.05, 0.1) is 6.04 Å². The van der Waals surface area contributed by atoms with Gasteiger partial charge in [-0.05, 0) is 50.5 Å². The van der Waals surface area contributed by atoms with Gasteiger partial charge in [-0.15, -0.1) is 0 Å². The van der Waals surface area contributed by atoms with E-state index in [0.29, 0.717) is 0 Å². The van der Waals surface area contributed by atoms with E-state index in [4.69, 9.17) is 4.42 Å². The van der Waals surface area contributed by atoms with E-state index in [-0.39, 0.29) is 6.04 Å². The Morgan fingerprint density at radius 2 is 1.90 bits per heavy atom. The minimum absolute atomic E-state index is 0.227. The van der Waals surface area contributed by atoms with Gasteiger partial charge in [-0.3, -0.25) is 0 Å². The number of nitrogens with one attached hydrogen (secondary N) is 1. The van der Waals surface area contributed by atoms with E-state index in [9.17, 15) is 0 Å². The van der Waals surface area contributed by atoms with Crippen molar-refractivity contribution >= 4 is 5.69 Å². The van der Waals surface area contributed by atoms with Gasteiger partial charge >= 0.3 is 0 Å². The SMILES string of the molecule is Cc1ccc(C(C)NCc2ccccc2N2CCCC2)o1. The molecule has 0 aliphatic carbocycles. The average molecular weight is 284 g/mol. The highest BCUT2D eigenvalue weighted by Gasteiger charge is 2.16. The summed E-state index contributed by atoms with van der Waals surface area (Å²) in [4.78, 5) is 2.50. The summed E-state index contributed by atoms with van der Waals surface area (Å²) in [6.45, 7) is 7.37. The van der Waals surface area contributed by atoms with Crippen molar-refractivity contribution in [3.8, 4) is 0 Å². The molecule has 2 aromatic rings. The molecule has 3 rings (SSSR count). The smallest absolute Gasteiger partial charge is 0.120 e. The van der Waals surface area contributed by atoms with Crippen LogP contribution < -0.4 is 10.2 Å². The summed E-state index contributed by atoms with van der Waals surface area (Å²) in [7, 11) is 0. The van der Waals surface area contributed by atoms with E-state index in [1.165, 1.54) is 37.2 Å². The molecule has 0 saturated carbocycles. The van der Waals surface area contributed by atoms with Crippen LogP contribution in [0.5, 0.6) is 0 Å². The van der Waals surface area contributed by atoms with Gasteiger partial charge in [0.2, 0.25) is 0 Å². The Balaban J connectivity index is 1.67. The predicted octanol–water partition coefficient (Wildman–Crippen LogP) is 4.04. The van der Waals surface area contributed by atoms with Crippen LogP contribution in [0.1, 0.15) is 42.9 Å². The van der Waals surface area contributed by atoms with E-state index in [2.05, 4.69) is 47.5 Å². The first-order valence-corrected chi connectivity index (χ1v) is 7.86. The number of benzene rings is 1. The van der Waals surface area contributed by atoms with Crippen LogP contribution in [0.25, 0.3) is 0 Å². The van der Waals surface area contributed by atoms with Gasteiger partial charge in [0.15, 0.2) is 0 Å². The number of nitrogens with zero attached hydrogens (tertiary/aromatic N) is 1. The Morgan fingerprint density at radius 1 is 1.14 bits per heavy atom. The minimum atomic E-state index is 0.227. The number of para-hydroxylation sites is 1. The first kappa shape index (κ1) is 14.2. The summed E-state index contributed by atoms with van der Waals surface area (Å²) in [5.74, 6) is 1.97. The van der Waals surface area contributed by atoms with E-state index in [0.717, 1.165) is 18.1 Å². The van der Waals surface area contributed by atoms with Crippen molar-refractivity contribution in [2.45, 2.75) is 39.3 Å². The molecular weight excluding hydrogens is 260 g/mol. The maximum atomic E-state index is 5.69. The van der Waals surface area contributed by atoms with E-state index < -0.39 is 0 Å². The fraction of sp³-hybridized carbons (Fsp3) is 0.444. The number of aryl methyl sites for hydroxylation is 1. The van der Waals surface area contributed by atoms with Gasteiger partial charge in [0, 0.05) is 25.3 Å². The number of hydrogen-bond donors (Lipinski definition) is 1. The maximum absolute atomic E-state index is 5.69. The molecule has 1 unspecified atom stereocenters. The van der Waals surface area contributed by atoms with Crippen LogP contribution in [-0.2, 0) is 6.54 Å². The Bertz CT molecular complexity index is 584. The largest absolute Gasteiger partial charge is 0.465 e.